The molecule has 1 unspecified atom stereocenters. The van der Waals surface area contributed by atoms with Gasteiger partial charge in [-0.15, -0.1) is 0 Å². The minimum Gasteiger partial charge on any atom is -0.493 e. The number of allylic oxidation sites excluding steroid dienone is 2. The third-order valence-electron chi connectivity index (χ3n) is 7.93. The number of aromatic nitrogens is 1. The van der Waals surface area contributed by atoms with Crippen LogP contribution in [0.1, 0.15) is 49.1 Å². The van der Waals surface area contributed by atoms with E-state index >= 15 is 0 Å². The first-order valence-corrected chi connectivity index (χ1v) is 14.5. The molecule has 0 radical (unpaired) electrons. The monoisotopic (exact) mass is 554 g/mol. The lowest BCUT2D eigenvalue weighted by atomic mass is 9.83. The summed E-state index contributed by atoms with van der Waals surface area (Å²) in [6, 6.07) is 17.1. The van der Waals surface area contributed by atoms with Crippen molar-refractivity contribution in [2.75, 3.05) is 20.3 Å². The van der Waals surface area contributed by atoms with Gasteiger partial charge >= 0.3 is 5.97 Å². The Hall–Kier alpha value is -4.13. The normalized spacial score (nSPS) is 16.2. The molecule has 2 aliphatic rings. The fraction of sp³-hybridized carbons (Fsp3) is 0.382. The van der Waals surface area contributed by atoms with E-state index in [-0.39, 0.29) is 17.7 Å². The number of ketones is 1. The van der Waals surface area contributed by atoms with Gasteiger partial charge in [-0.1, -0.05) is 61.7 Å². The third-order valence-corrected chi connectivity index (χ3v) is 7.93. The van der Waals surface area contributed by atoms with Gasteiger partial charge in [-0.2, -0.15) is 0 Å². The highest BCUT2D eigenvalue weighted by atomic mass is 16.5. The summed E-state index contributed by atoms with van der Waals surface area (Å²) >= 11 is 0. The number of methoxy groups -OCH3 is 1. The highest BCUT2D eigenvalue weighted by molar-refractivity contribution is 5.99. The number of ether oxygens (including phenoxy) is 2. The van der Waals surface area contributed by atoms with Gasteiger partial charge < -0.3 is 18.8 Å². The van der Waals surface area contributed by atoms with Gasteiger partial charge in [-0.25, -0.2) is 9.78 Å². The van der Waals surface area contributed by atoms with Gasteiger partial charge in [0.25, 0.3) is 0 Å². The Balaban J connectivity index is 1.18. The van der Waals surface area contributed by atoms with Crippen LogP contribution in [0.4, 0.5) is 0 Å². The van der Waals surface area contributed by atoms with Crippen molar-refractivity contribution in [3.05, 3.63) is 95.5 Å². The molecule has 1 aliphatic heterocycles. The molecule has 1 saturated carbocycles. The lowest BCUT2D eigenvalue weighted by Gasteiger charge is -2.31. The predicted octanol–water partition coefficient (Wildman–Crippen LogP) is 6.26. The molecular formula is C34H38N2O5. The molecule has 7 nitrogen and oxygen atoms in total. The van der Waals surface area contributed by atoms with Gasteiger partial charge in [-0.3, -0.25) is 4.79 Å². The molecule has 1 atom stereocenters. The van der Waals surface area contributed by atoms with Crippen LogP contribution in [-0.4, -0.2) is 47.9 Å². The minimum absolute atomic E-state index is 0.0860. The molecule has 0 saturated heterocycles. The summed E-state index contributed by atoms with van der Waals surface area (Å²) in [5, 5.41) is 0. The smallest absolute Gasteiger partial charge is 0.328 e. The van der Waals surface area contributed by atoms with E-state index in [0.29, 0.717) is 37.5 Å². The summed E-state index contributed by atoms with van der Waals surface area (Å²) in [4.78, 5) is 32.5. The first-order valence-electron chi connectivity index (χ1n) is 14.5. The lowest BCUT2D eigenvalue weighted by molar-refractivity contribution is -0.145. The summed E-state index contributed by atoms with van der Waals surface area (Å²) in [7, 11) is 1.41. The number of carbonyl (C=O) groups is 2. The molecule has 2 aromatic carbocycles. The van der Waals surface area contributed by atoms with Gasteiger partial charge in [0.05, 0.1) is 19.4 Å². The summed E-state index contributed by atoms with van der Waals surface area (Å²) in [6.07, 6.45) is 12.1. The Kier molecular flexibility index (Phi) is 9.34. The van der Waals surface area contributed by atoms with E-state index in [1.54, 1.807) is 0 Å². The number of oxazole rings is 1. The quantitative estimate of drug-likeness (QED) is 0.259. The van der Waals surface area contributed by atoms with Crippen LogP contribution in [0.5, 0.6) is 5.75 Å². The number of esters is 1. The molecule has 1 aromatic heterocycles. The van der Waals surface area contributed by atoms with Gasteiger partial charge in [0.2, 0.25) is 5.89 Å². The Labute approximate surface area is 241 Å². The fourth-order valence-electron chi connectivity index (χ4n) is 5.59. The minimum atomic E-state index is -0.528. The van der Waals surface area contributed by atoms with Crippen LogP contribution in [0.15, 0.2) is 82.9 Å². The summed E-state index contributed by atoms with van der Waals surface area (Å²) in [6.45, 7) is 2.94. The molecule has 0 bridgehead atoms. The maximum Gasteiger partial charge on any atom is 0.328 e. The Morgan fingerprint density at radius 3 is 2.54 bits per heavy atom. The fourth-order valence-corrected chi connectivity index (χ4v) is 5.59. The van der Waals surface area contributed by atoms with Crippen LogP contribution in [0.2, 0.25) is 0 Å². The summed E-state index contributed by atoms with van der Waals surface area (Å²) in [5.74, 6) is 2.11. The number of benzene rings is 2. The number of nitrogens with zero attached hydrogens (tertiary/aromatic N) is 2. The van der Waals surface area contributed by atoms with Crippen LogP contribution < -0.4 is 4.74 Å². The Morgan fingerprint density at radius 1 is 1.05 bits per heavy atom. The standard InChI is InChI=1S/C34H38N2O5/c1-24-30(35-33(41-24)27-12-7-4-8-13-27)19-21-40-29-17-15-25(16-18-29)22-31(34(38)39-2)36-20-9-14-28(23-36)32(37)26-10-5-3-6-11-26/h4,7-9,12-18,23,26,31H,3,5-6,10-11,19-22H2,1-2H3. The zero-order valence-electron chi connectivity index (χ0n) is 23.9. The van der Waals surface area contributed by atoms with E-state index in [1.807, 2.05) is 84.8 Å². The van der Waals surface area contributed by atoms with Crippen LogP contribution in [0, 0.1) is 12.8 Å². The maximum absolute atomic E-state index is 13.1. The number of Topliss-reactive ketones (excluding diaryl/α,β-unsaturated/α-hetero) is 1. The molecular weight excluding hydrogens is 516 g/mol. The molecule has 214 valence electrons. The maximum atomic E-state index is 13.1. The molecule has 1 fully saturated rings. The van der Waals surface area contributed by atoms with Crippen molar-refractivity contribution in [3.8, 4) is 17.2 Å². The number of rotatable bonds is 11. The van der Waals surface area contributed by atoms with E-state index in [0.717, 1.165) is 54.0 Å². The number of carbonyl (C=O) groups excluding carboxylic acids is 2. The highest BCUT2D eigenvalue weighted by Crippen LogP contribution is 2.28. The van der Waals surface area contributed by atoms with Gasteiger partial charge in [0.15, 0.2) is 5.78 Å². The summed E-state index contributed by atoms with van der Waals surface area (Å²) in [5.41, 5.74) is 3.49. The van der Waals surface area contributed by atoms with E-state index in [9.17, 15) is 9.59 Å². The van der Waals surface area contributed by atoms with Crippen molar-refractivity contribution in [1.82, 2.24) is 9.88 Å². The molecule has 41 heavy (non-hydrogen) atoms. The van der Waals surface area contributed by atoms with Crippen molar-refractivity contribution in [1.29, 1.82) is 0 Å². The first kappa shape index (κ1) is 28.4. The van der Waals surface area contributed by atoms with Gasteiger partial charge in [0.1, 0.15) is 17.6 Å². The average molecular weight is 555 g/mol. The van der Waals surface area contributed by atoms with Crippen LogP contribution in [0.25, 0.3) is 11.5 Å². The first-order chi connectivity index (χ1) is 20.0. The number of hydrogen-bond acceptors (Lipinski definition) is 7. The topological polar surface area (TPSA) is 81.9 Å². The Morgan fingerprint density at radius 2 is 1.80 bits per heavy atom. The predicted molar refractivity (Wildman–Crippen MR) is 157 cm³/mol. The number of hydrogen-bond donors (Lipinski definition) is 0. The van der Waals surface area contributed by atoms with Gasteiger partial charge in [0, 0.05) is 42.6 Å². The lowest BCUT2D eigenvalue weighted by Crippen LogP contribution is -2.42. The van der Waals surface area contributed by atoms with Crippen LogP contribution >= 0.6 is 0 Å². The molecule has 0 N–H and O–H groups in total. The van der Waals surface area contributed by atoms with E-state index in [4.69, 9.17) is 13.9 Å². The summed E-state index contributed by atoms with van der Waals surface area (Å²) < 4.78 is 17.0. The van der Waals surface area contributed by atoms with Crippen LogP contribution in [-0.2, 0) is 27.2 Å². The van der Waals surface area contributed by atoms with Crippen molar-refractivity contribution in [2.45, 2.75) is 57.9 Å². The van der Waals surface area contributed by atoms with Crippen molar-refractivity contribution >= 4 is 11.8 Å². The van der Waals surface area contributed by atoms with Crippen molar-refractivity contribution in [2.24, 2.45) is 5.92 Å². The second kappa shape index (κ2) is 13.5. The molecule has 5 rings (SSSR count). The molecule has 1 aliphatic carbocycles. The van der Waals surface area contributed by atoms with Crippen molar-refractivity contribution in [3.63, 3.8) is 0 Å². The molecule has 3 aromatic rings. The SMILES string of the molecule is COC(=O)C(Cc1ccc(OCCc2nc(-c3ccccc3)oc2C)cc1)N1C=C(C(=O)C2CCCCC2)C=CC1. The molecule has 2 heterocycles. The average Bonchev–Trinajstić information content (AvgIpc) is 3.40. The van der Waals surface area contributed by atoms with Gasteiger partial charge in [-0.05, 0) is 49.6 Å². The second-order valence-corrected chi connectivity index (χ2v) is 10.8. The van der Waals surface area contributed by atoms with Crippen LogP contribution in [0.3, 0.4) is 0 Å². The third kappa shape index (κ3) is 7.15. The number of aryl methyl sites for hydroxylation is 1. The van der Waals surface area contributed by atoms with E-state index < -0.39 is 6.04 Å². The zero-order chi connectivity index (χ0) is 28.6. The molecule has 0 amide bonds. The molecule has 0 spiro atoms. The second-order valence-electron chi connectivity index (χ2n) is 10.8. The van der Waals surface area contributed by atoms with Crippen molar-refractivity contribution < 1.29 is 23.5 Å². The Bertz CT molecular complexity index is 1380. The largest absolute Gasteiger partial charge is 0.493 e. The molecule has 7 heteroatoms. The zero-order valence-corrected chi connectivity index (χ0v) is 23.9. The van der Waals surface area contributed by atoms with E-state index in [1.165, 1.54) is 13.5 Å². The van der Waals surface area contributed by atoms with E-state index in [2.05, 4.69) is 4.98 Å². The highest BCUT2D eigenvalue weighted by Gasteiger charge is 2.29.